The summed E-state index contributed by atoms with van der Waals surface area (Å²) in [5, 5.41) is 10.6. The van der Waals surface area contributed by atoms with Gasteiger partial charge in [-0.25, -0.2) is 4.79 Å². The molecule has 1 aromatic heterocycles. The van der Waals surface area contributed by atoms with E-state index in [0.717, 1.165) is 11.3 Å². The first kappa shape index (κ1) is 22.5. The van der Waals surface area contributed by atoms with Gasteiger partial charge in [0, 0.05) is 11.3 Å². The molecule has 0 spiro atoms. The van der Waals surface area contributed by atoms with Crippen LogP contribution in [0.2, 0.25) is 5.02 Å². The molecule has 8 nitrogen and oxygen atoms in total. The number of nitrogens with one attached hydrogen (secondary N) is 2. The predicted octanol–water partition coefficient (Wildman–Crippen LogP) is 4.45. The molecule has 0 fully saturated rings. The van der Waals surface area contributed by atoms with Gasteiger partial charge in [-0.1, -0.05) is 16.8 Å². The number of aromatic nitrogens is 2. The average Bonchev–Trinajstić information content (AvgIpc) is 3.22. The lowest BCUT2D eigenvalue weighted by atomic mass is 10.2. The molecule has 0 atom stereocenters. The Labute approximate surface area is 189 Å². The summed E-state index contributed by atoms with van der Waals surface area (Å²) in [7, 11) is 0. The van der Waals surface area contributed by atoms with Crippen LogP contribution in [0.3, 0.4) is 0 Å². The Morgan fingerprint density at radius 1 is 1.16 bits per heavy atom. The van der Waals surface area contributed by atoms with Gasteiger partial charge < -0.3 is 24.6 Å². The maximum absolute atomic E-state index is 11.8. The Hall–Kier alpha value is -3.17. The van der Waals surface area contributed by atoms with Crippen LogP contribution in [-0.2, 0) is 11.3 Å². The van der Waals surface area contributed by atoms with Gasteiger partial charge in [0.05, 0.1) is 30.3 Å². The number of hydrogen-bond donors (Lipinski definition) is 2. The van der Waals surface area contributed by atoms with Crippen LogP contribution in [-0.4, -0.2) is 34.4 Å². The molecule has 0 aliphatic heterocycles. The number of ether oxygens (including phenoxy) is 2. The molecule has 3 rings (SSSR count). The van der Waals surface area contributed by atoms with Crippen LogP contribution >= 0.6 is 23.8 Å². The number of nitrogens with zero attached hydrogens (tertiary/aromatic N) is 2. The molecule has 0 saturated heterocycles. The van der Waals surface area contributed by atoms with Crippen LogP contribution in [0.1, 0.15) is 30.1 Å². The van der Waals surface area contributed by atoms with Crippen molar-refractivity contribution in [2.75, 3.05) is 18.5 Å². The largest absolute Gasteiger partial charge is 0.494 e. The summed E-state index contributed by atoms with van der Waals surface area (Å²) in [6.45, 7) is 4.78. The van der Waals surface area contributed by atoms with E-state index in [4.69, 9.17) is 37.8 Å². The lowest BCUT2D eigenvalue weighted by molar-refractivity contribution is 0.0526. The topological polar surface area (TPSA) is 98.5 Å². The normalized spacial score (nSPS) is 10.4. The molecule has 10 heteroatoms. The number of anilines is 1. The number of carbonyl (C=O) groups is 1. The van der Waals surface area contributed by atoms with E-state index in [1.165, 1.54) is 0 Å². The van der Waals surface area contributed by atoms with Gasteiger partial charge in [0.15, 0.2) is 5.11 Å². The Kier molecular flexibility index (Phi) is 7.80. The van der Waals surface area contributed by atoms with Crippen molar-refractivity contribution in [2.24, 2.45) is 0 Å². The summed E-state index contributed by atoms with van der Waals surface area (Å²) in [6, 6.07) is 12.3. The molecule has 0 aliphatic rings. The zero-order chi connectivity index (χ0) is 22.2. The summed E-state index contributed by atoms with van der Waals surface area (Å²) in [4.78, 5) is 16.2. The quantitative estimate of drug-likeness (QED) is 0.373. The molecule has 0 radical (unpaired) electrons. The molecular weight excluding hydrogens is 440 g/mol. The van der Waals surface area contributed by atoms with Gasteiger partial charge in [-0.3, -0.25) is 0 Å². The predicted molar refractivity (Wildman–Crippen MR) is 121 cm³/mol. The molecule has 2 aromatic carbocycles. The van der Waals surface area contributed by atoms with Crippen LogP contribution < -0.4 is 15.4 Å². The fraction of sp³-hybridized carbons (Fsp3) is 0.238. The van der Waals surface area contributed by atoms with Gasteiger partial charge in [0.2, 0.25) is 11.7 Å². The summed E-state index contributed by atoms with van der Waals surface area (Å²) in [5.41, 5.74) is 1.73. The van der Waals surface area contributed by atoms with E-state index in [9.17, 15) is 4.79 Å². The molecular formula is C21H21ClN4O4S. The lowest BCUT2D eigenvalue weighted by Crippen LogP contribution is -2.28. The zero-order valence-electron chi connectivity index (χ0n) is 17.0. The number of esters is 1. The van der Waals surface area contributed by atoms with Crippen LogP contribution in [0, 0.1) is 0 Å². The average molecular weight is 461 g/mol. The summed E-state index contributed by atoms with van der Waals surface area (Å²) in [5.74, 6) is 1.16. The van der Waals surface area contributed by atoms with Gasteiger partial charge in [-0.05, 0) is 68.5 Å². The third kappa shape index (κ3) is 6.16. The van der Waals surface area contributed by atoms with Crippen molar-refractivity contribution in [3.8, 4) is 17.1 Å². The van der Waals surface area contributed by atoms with E-state index in [-0.39, 0.29) is 18.2 Å². The third-order valence-electron chi connectivity index (χ3n) is 4.01. The SMILES string of the molecule is CCOC(=O)c1ccc(NC(=S)NCc2nc(-c3ccc(OCC)cc3)no2)cc1Cl. The first-order valence-electron chi connectivity index (χ1n) is 9.57. The molecule has 0 unspecified atom stereocenters. The summed E-state index contributed by atoms with van der Waals surface area (Å²) >= 11 is 11.4. The summed E-state index contributed by atoms with van der Waals surface area (Å²) in [6.07, 6.45) is 0. The minimum absolute atomic E-state index is 0.241. The number of thiocarbonyl (C=S) groups is 1. The number of benzene rings is 2. The van der Waals surface area contributed by atoms with E-state index < -0.39 is 5.97 Å². The molecule has 3 aromatic rings. The zero-order valence-corrected chi connectivity index (χ0v) is 18.5. The van der Waals surface area contributed by atoms with Crippen molar-refractivity contribution in [3.63, 3.8) is 0 Å². The highest BCUT2D eigenvalue weighted by Crippen LogP contribution is 2.22. The highest BCUT2D eigenvalue weighted by Gasteiger charge is 2.13. The van der Waals surface area contributed by atoms with Crippen molar-refractivity contribution in [1.29, 1.82) is 0 Å². The second-order valence-electron chi connectivity index (χ2n) is 6.19. The lowest BCUT2D eigenvalue weighted by Gasteiger charge is -2.10. The third-order valence-corrected chi connectivity index (χ3v) is 4.57. The second kappa shape index (κ2) is 10.7. The van der Waals surface area contributed by atoms with Crippen LogP contribution in [0.5, 0.6) is 5.75 Å². The molecule has 1 heterocycles. The molecule has 0 saturated carbocycles. The number of hydrogen-bond acceptors (Lipinski definition) is 7. The van der Waals surface area contributed by atoms with Gasteiger partial charge in [0.25, 0.3) is 0 Å². The van der Waals surface area contributed by atoms with Gasteiger partial charge >= 0.3 is 5.97 Å². The van der Waals surface area contributed by atoms with E-state index in [1.54, 1.807) is 25.1 Å². The van der Waals surface area contributed by atoms with E-state index in [0.29, 0.717) is 34.7 Å². The molecule has 2 N–H and O–H groups in total. The van der Waals surface area contributed by atoms with Gasteiger partial charge in [-0.2, -0.15) is 4.98 Å². The van der Waals surface area contributed by atoms with Gasteiger partial charge in [0.1, 0.15) is 5.75 Å². The van der Waals surface area contributed by atoms with Gasteiger partial charge in [-0.15, -0.1) is 0 Å². The Morgan fingerprint density at radius 3 is 2.61 bits per heavy atom. The van der Waals surface area contributed by atoms with E-state index >= 15 is 0 Å². The van der Waals surface area contributed by atoms with Crippen LogP contribution in [0.15, 0.2) is 47.0 Å². The highest BCUT2D eigenvalue weighted by molar-refractivity contribution is 7.80. The Bertz CT molecular complexity index is 1060. The number of rotatable bonds is 8. The van der Waals surface area contributed by atoms with Crippen molar-refractivity contribution < 1.29 is 18.8 Å². The fourth-order valence-corrected chi connectivity index (χ4v) is 3.06. The Balaban J connectivity index is 1.54. The smallest absolute Gasteiger partial charge is 0.339 e. The standard InChI is InChI=1S/C21H21ClN4O4S/c1-3-28-15-8-5-13(6-9-15)19-25-18(30-26-19)12-23-21(31)24-14-7-10-16(17(22)11-14)20(27)29-4-2/h5-11H,3-4,12H2,1-2H3,(H2,23,24,31). The second-order valence-corrected chi connectivity index (χ2v) is 7.01. The van der Waals surface area contributed by atoms with Crippen molar-refractivity contribution >= 4 is 40.6 Å². The minimum Gasteiger partial charge on any atom is -0.494 e. The first-order chi connectivity index (χ1) is 15.0. The highest BCUT2D eigenvalue weighted by atomic mass is 35.5. The van der Waals surface area contributed by atoms with Crippen LogP contribution in [0.25, 0.3) is 11.4 Å². The number of halogens is 1. The van der Waals surface area contributed by atoms with Crippen molar-refractivity contribution in [2.45, 2.75) is 20.4 Å². The molecule has 31 heavy (non-hydrogen) atoms. The minimum atomic E-state index is -0.473. The Morgan fingerprint density at radius 2 is 1.94 bits per heavy atom. The molecule has 0 aliphatic carbocycles. The van der Waals surface area contributed by atoms with Crippen LogP contribution in [0.4, 0.5) is 5.69 Å². The number of carbonyl (C=O) groups excluding carboxylic acids is 1. The van der Waals surface area contributed by atoms with E-state index in [2.05, 4.69) is 20.8 Å². The molecule has 0 bridgehead atoms. The first-order valence-corrected chi connectivity index (χ1v) is 10.4. The van der Waals surface area contributed by atoms with Crippen molar-refractivity contribution in [1.82, 2.24) is 15.5 Å². The van der Waals surface area contributed by atoms with Crippen molar-refractivity contribution in [3.05, 3.63) is 58.9 Å². The molecule has 162 valence electrons. The maximum Gasteiger partial charge on any atom is 0.339 e. The molecule has 0 amide bonds. The monoisotopic (exact) mass is 460 g/mol. The summed E-state index contributed by atoms with van der Waals surface area (Å²) < 4.78 is 15.6. The maximum atomic E-state index is 11.8. The van der Waals surface area contributed by atoms with E-state index in [1.807, 2.05) is 31.2 Å². The fourth-order valence-electron chi connectivity index (χ4n) is 2.61.